The number of halogens is 2. The maximum Gasteiger partial charge on any atom is 0.135 e. The zero-order chi connectivity index (χ0) is 12.7. The molecule has 0 fully saturated rings. The maximum atomic E-state index is 13.1. The van der Waals surface area contributed by atoms with Crippen LogP contribution in [-0.2, 0) is 0 Å². The van der Waals surface area contributed by atoms with Gasteiger partial charge in [0.1, 0.15) is 22.9 Å². The summed E-state index contributed by atoms with van der Waals surface area (Å²) in [6.07, 6.45) is 0. The van der Waals surface area contributed by atoms with Crippen molar-refractivity contribution in [2.24, 2.45) is 0 Å². The third-order valence-corrected chi connectivity index (χ3v) is 3.03. The molecule has 4 heteroatoms. The molecule has 3 rings (SSSR count). The van der Waals surface area contributed by atoms with Crippen LogP contribution in [-0.4, -0.2) is 5.11 Å². The molecule has 3 aromatic rings. The number of hydrogen-bond donors (Lipinski definition) is 1. The Morgan fingerprint density at radius 3 is 2.67 bits per heavy atom. The average molecular weight is 263 g/mol. The van der Waals surface area contributed by atoms with Gasteiger partial charge in [0, 0.05) is 10.9 Å². The molecule has 0 saturated carbocycles. The van der Waals surface area contributed by atoms with Gasteiger partial charge in [-0.3, -0.25) is 0 Å². The molecule has 1 heterocycles. The maximum absolute atomic E-state index is 13.1. The SMILES string of the molecule is Oc1cc(-c2cc3cc(F)ccc3o2)ccc1Cl. The number of furan rings is 1. The molecule has 2 aromatic carbocycles. The first kappa shape index (κ1) is 11.1. The molecule has 0 aliphatic heterocycles. The van der Waals surface area contributed by atoms with Gasteiger partial charge in [-0.1, -0.05) is 11.6 Å². The third kappa shape index (κ3) is 1.83. The van der Waals surface area contributed by atoms with E-state index in [2.05, 4.69) is 0 Å². The van der Waals surface area contributed by atoms with E-state index in [-0.39, 0.29) is 16.6 Å². The van der Waals surface area contributed by atoms with Crippen molar-refractivity contribution in [3.63, 3.8) is 0 Å². The molecule has 2 nitrogen and oxygen atoms in total. The average Bonchev–Trinajstić information content (AvgIpc) is 2.75. The third-order valence-electron chi connectivity index (χ3n) is 2.71. The highest BCUT2D eigenvalue weighted by Gasteiger charge is 2.08. The van der Waals surface area contributed by atoms with Crippen LogP contribution in [0.3, 0.4) is 0 Å². The zero-order valence-corrected chi connectivity index (χ0v) is 9.91. The summed E-state index contributed by atoms with van der Waals surface area (Å²) in [7, 11) is 0. The molecule has 90 valence electrons. The van der Waals surface area contributed by atoms with Crippen molar-refractivity contribution < 1.29 is 13.9 Å². The van der Waals surface area contributed by atoms with Crippen LogP contribution in [0.25, 0.3) is 22.3 Å². The first-order valence-corrected chi connectivity index (χ1v) is 5.69. The minimum absolute atomic E-state index is 0.0131. The monoisotopic (exact) mass is 262 g/mol. The summed E-state index contributed by atoms with van der Waals surface area (Å²) in [6, 6.07) is 10.9. The van der Waals surface area contributed by atoms with Gasteiger partial charge >= 0.3 is 0 Å². The fraction of sp³-hybridized carbons (Fsp3) is 0. The van der Waals surface area contributed by atoms with Crippen molar-refractivity contribution in [3.8, 4) is 17.1 Å². The Bertz CT molecular complexity index is 734. The molecule has 0 amide bonds. The predicted molar refractivity (Wildman–Crippen MR) is 68.3 cm³/mol. The Hall–Kier alpha value is -2.00. The van der Waals surface area contributed by atoms with Gasteiger partial charge in [0.05, 0.1) is 5.02 Å². The van der Waals surface area contributed by atoms with E-state index in [1.54, 1.807) is 24.3 Å². The van der Waals surface area contributed by atoms with Crippen LogP contribution in [0.5, 0.6) is 5.75 Å². The predicted octanol–water partition coefficient (Wildman–Crippen LogP) is 4.60. The molecule has 0 aliphatic carbocycles. The molecule has 0 atom stereocenters. The molecule has 1 N–H and O–H groups in total. The summed E-state index contributed by atoms with van der Waals surface area (Å²) in [5.41, 5.74) is 1.29. The number of rotatable bonds is 1. The highest BCUT2D eigenvalue weighted by Crippen LogP contribution is 2.32. The summed E-state index contributed by atoms with van der Waals surface area (Å²) in [6.45, 7) is 0. The van der Waals surface area contributed by atoms with E-state index in [0.29, 0.717) is 22.3 Å². The number of phenols is 1. The lowest BCUT2D eigenvalue weighted by Crippen LogP contribution is -1.74. The largest absolute Gasteiger partial charge is 0.506 e. The lowest BCUT2D eigenvalue weighted by atomic mass is 10.1. The van der Waals surface area contributed by atoms with E-state index in [4.69, 9.17) is 16.0 Å². The molecule has 0 radical (unpaired) electrons. The molecule has 0 spiro atoms. The highest BCUT2D eigenvalue weighted by molar-refractivity contribution is 6.32. The minimum atomic E-state index is -0.311. The van der Waals surface area contributed by atoms with Crippen LogP contribution in [0.1, 0.15) is 0 Å². The van der Waals surface area contributed by atoms with Gasteiger partial charge in [-0.2, -0.15) is 0 Å². The second-order valence-electron chi connectivity index (χ2n) is 3.96. The first-order chi connectivity index (χ1) is 8.63. The van der Waals surface area contributed by atoms with E-state index in [1.807, 2.05) is 0 Å². The normalized spacial score (nSPS) is 11.0. The zero-order valence-electron chi connectivity index (χ0n) is 9.15. The van der Waals surface area contributed by atoms with Crippen LogP contribution in [0.4, 0.5) is 4.39 Å². The second-order valence-corrected chi connectivity index (χ2v) is 4.37. The quantitative estimate of drug-likeness (QED) is 0.695. The number of hydrogen-bond acceptors (Lipinski definition) is 2. The molecular weight excluding hydrogens is 255 g/mol. The van der Waals surface area contributed by atoms with E-state index in [1.165, 1.54) is 18.2 Å². The molecular formula is C14H8ClFO2. The van der Waals surface area contributed by atoms with Crippen LogP contribution in [0, 0.1) is 5.82 Å². The molecule has 0 unspecified atom stereocenters. The van der Waals surface area contributed by atoms with Crippen molar-refractivity contribution in [3.05, 3.63) is 53.3 Å². The number of benzene rings is 2. The van der Waals surface area contributed by atoms with Crippen LogP contribution >= 0.6 is 11.6 Å². The van der Waals surface area contributed by atoms with Gasteiger partial charge in [0.2, 0.25) is 0 Å². The van der Waals surface area contributed by atoms with Gasteiger partial charge < -0.3 is 9.52 Å². The summed E-state index contributed by atoms with van der Waals surface area (Å²) >= 11 is 5.74. The van der Waals surface area contributed by atoms with Crippen LogP contribution in [0.15, 0.2) is 46.9 Å². The molecule has 18 heavy (non-hydrogen) atoms. The smallest absolute Gasteiger partial charge is 0.135 e. The molecule has 0 bridgehead atoms. The van der Waals surface area contributed by atoms with Crippen molar-refractivity contribution in [2.75, 3.05) is 0 Å². The number of fused-ring (bicyclic) bond motifs is 1. The number of aromatic hydroxyl groups is 1. The van der Waals surface area contributed by atoms with Crippen LogP contribution in [0.2, 0.25) is 5.02 Å². The fourth-order valence-electron chi connectivity index (χ4n) is 1.82. The Balaban J connectivity index is 2.16. The van der Waals surface area contributed by atoms with E-state index in [0.717, 1.165) is 0 Å². The van der Waals surface area contributed by atoms with Gasteiger partial charge in [-0.25, -0.2) is 4.39 Å². The Kier molecular flexibility index (Phi) is 2.49. The van der Waals surface area contributed by atoms with Crippen molar-refractivity contribution in [1.82, 2.24) is 0 Å². The van der Waals surface area contributed by atoms with Gasteiger partial charge in [0.15, 0.2) is 0 Å². The first-order valence-electron chi connectivity index (χ1n) is 5.31. The van der Waals surface area contributed by atoms with Gasteiger partial charge in [-0.15, -0.1) is 0 Å². The van der Waals surface area contributed by atoms with Crippen molar-refractivity contribution in [1.29, 1.82) is 0 Å². The molecule has 1 aromatic heterocycles. The van der Waals surface area contributed by atoms with E-state index < -0.39 is 0 Å². The number of phenolic OH excluding ortho intramolecular Hbond substituents is 1. The highest BCUT2D eigenvalue weighted by atomic mass is 35.5. The van der Waals surface area contributed by atoms with E-state index >= 15 is 0 Å². The minimum Gasteiger partial charge on any atom is -0.506 e. The fourth-order valence-corrected chi connectivity index (χ4v) is 1.94. The van der Waals surface area contributed by atoms with Gasteiger partial charge in [0.25, 0.3) is 0 Å². The van der Waals surface area contributed by atoms with Crippen molar-refractivity contribution in [2.45, 2.75) is 0 Å². The van der Waals surface area contributed by atoms with Gasteiger partial charge in [-0.05, 0) is 42.5 Å². The molecule has 0 saturated heterocycles. The Morgan fingerprint density at radius 2 is 1.89 bits per heavy atom. The van der Waals surface area contributed by atoms with E-state index in [9.17, 15) is 9.50 Å². The standard InChI is InChI=1S/C14H8ClFO2/c15-11-3-1-8(6-12(11)17)14-7-9-5-10(16)2-4-13(9)18-14/h1-7,17H. The summed E-state index contributed by atoms with van der Waals surface area (Å²) in [5.74, 6) is 0.233. The van der Waals surface area contributed by atoms with Crippen molar-refractivity contribution >= 4 is 22.6 Å². The summed E-state index contributed by atoms with van der Waals surface area (Å²) in [5, 5.41) is 10.5. The lowest BCUT2D eigenvalue weighted by molar-refractivity contribution is 0.475. The van der Waals surface area contributed by atoms with Crippen LogP contribution < -0.4 is 0 Å². The summed E-state index contributed by atoms with van der Waals surface area (Å²) in [4.78, 5) is 0. The molecule has 0 aliphatic rings. The summed E-state index contributed by atoms with van der Waals surface area (Å²) < 4.78 is 18.6. The second kappa shape index (κ2) is 4.03. The lowest BCUT2D eigenvalue weighted by Gasteiger charge is -1.99. The Morgan fingerprint density at radius 1 is 1.06 bits per heavy atom. The topological polar surface area (TPSA) is 33.4 Å². The Labute approximate surface area is 107 Å².